The third-order valence-electron chi connectivity index (χ3n) is 2.00. The molecule has 84 valence electrons. The monoisotopic (exact) mass is 219 g/mol. The summed E-state index contributed by atoms with van der Waals surface area (Å²) in [6, 6.07) is 3.53. The molecule has 0 saturated heterocycles. The lowest BCUT2D eigenvalue weighted by Gasteiger charge is -2.16. The fourth-order valence-corrected chi connectivity index (χ4v) is 1.19. The highest BCUT2D eigenvalue weighted by Gasteiger charge is 2.31. The molecule has 0 bridgehead atoms. The van der Waals surface area contributed by atoms with Crippen molar-refractivity contribution in [3.05, 3.63) is 29.3 Å². The molecule has 0 amide bonds. The van der Waals surface area contributed by atoms with Crippen LogP contribution in [0.15, 0.2) is 18.2 Å². The Labute approximate surface area is 85.9 Å². The van der Waals surface area contributed by atoms with E-state index in [9.17, 15) is 13.2 Å². The van der Waals surface area contributed by atoms with Crippen molar-refractivity contribution in [2.75, 3.05) is 19.0 Å². The average molecular weight is 219 g/mol. The Balaban J connectivity index is 3.23. The molecule has 1 aromatic rings. The molecule has 0 unspecified atom stereocenters. The summed E-state index contributed by atoms with van der Waals surface area (Å²) in [5.74, 6) is 0. The Morgan fingerprint density at radius 2 is 1.80 bits per heavy atom. The molecule has 5 heteroatoms. The first-order valence-electron chi connectivity index (χ1n) is 4.34. The van der Waals surface area contributed by atoms with Gasteiger partial charge in [-0.25, -0.2) is 0 Å². The fourth-order valence-electron chi connectivity index (χ4n) is 1.19. The van der Waals surface area contributed by atoms with Crippen LogP contribution in [-0.4, -0.2) is 19.2 Å². The predicted octanol–water partition coefficient (Wildman–Crippen LogP) is 2.26. The van der Waals surface area contributed by atoms with Gasteiger partial charge in [0.15, 0.2) is 0 Å². The van der Waals surface area contributed by atoms with Crippen LogP contribution in [0.4, 0.5) is 18.9 Å². The smallest absolute Gasteiger partial charge is 0.392 e. The zero-order valence-corrected chi connectivity index (χ0v) is 8.47. The SMILES string of the molecule is CN(C)c1cc(CO)cc(C(F)(F)F)c1. The van der Waals surface area contributed by atoms with E-state index in [1.165, 1.54) is 6.07 Å². The van der Waals surface area contributed by atoms with E-state index >= 15 is 0 Å². The van der Waals surface area contributed by atoms with Gasteiger partial charge in [0.2, 0.25) is 0 Å². The first-order valence-corrected chi connectivity index (χ1v) is 4.34. The van der Waals surface area contributed by atoms with Crippen molar-refractivity contribution >= 4 is 5.69 Å². The summed E-state index contributed by atoms with van der Waals surface area (Å²) >= 11 is 0. The molecular weight excluding hydrogens is 207 g/mol. The molecule has 1 N–H and O–H groups in total. The molecule has 0 aliphatic carbocycles. The normalized spacial score (nSPS) is 11.6. The average Bonchev–Trinajstić information content (AvgIpc) is 2.15. The van der Waals surface area contributed by atoms with Crippen LogP contribution < -0.4 is 4.90 Å². The minimum atomic E-state index is -4.38. The number of halogens is 3. The molecule has 1 rings (SSSR count). The Hall–Kier alpha value is -1.23. The highest BCUT2D eigenvalue weighted by atomic mass is 19.4. The summed E-state index contributed by atoms with van der Waals surface area (Å²) in [5.41, 5.74) is -0.0554. The summed E-state index contributed by atoms with van der Waals surface area (Å²) < 4.78 is 37.3. The minimum absolute atomic E-state index is 0.258. The standard InChI is InChI=1S/C10H12F3NO/c1-14(2)9-4-7(6-15)3-8(5-9)10(11,12)13/h3-5,15H,6H2,1-2H3. The van der Waals surface area contributed by atoms with Gasteiger partial charge in [0.1, 0.15) is 0 Å². The molecule has 0 spiro atoms. The molecule has 0 atom stereocenters. The lowest BCUT2D eigenvalue weighted by Crippen LogP contribution is -2.12. The van der Waals surface area contributed by atoms with E-state index < -0.39 is 18.3 Å². The highest BCUT2D eigenvalue weighted by Crippen LogP contribution is 2.32. The maximum Gasteiger partial charge on any atom is 0.416 e. The Morgan fingerprint density at radius 1 is 1.20 bits per heavy atom. The van der Waals surface area contributed by atoms with Crippen molar-refractivity contribution in [2.45, 2.75) is 12.8 Å². The molecule has 2 nitrogen and oxygen atoms in total. The van der Waals surface area contributed by atoms with Crippen molar-refractivity contribution in [3.8, 4) is 0 Å². The Bertz CT molecular complexity index is 347. The van der Waals surface area contributed by atoms with Gasteiger partial charge in [-0.3, -0.25) is 0 Å². The molecule has 0 radical (unpaired) electrons. The molecule has 0 aromatic heterocycles. The third-order valence-corrected chi connectivity index (χ3v) is 2.00. The second kappa shape index (κ2) is 4.10. The van der Waals surface area contributed by atoms with E-state index in [0.717, 1.165) is 12.1 Å². The molecule has 1 aromatic carbocycles. The largest absolute Gasteiger partial charge is 0.416 e. The van der Waals surface area contributed by atoms with Crippen molar-refractivity contribution in [3.63, 3.8) is 0 Å². The van der Waals surface area contributed by atoms with Gasteiger partial charge in [-0.15, -0.1) is 0 Å². The topological polar surface area (TPSA) is 23.5 Å². The minimum Gasteiger partial charge on any atom is -0.392 e. The zero-order valence-electron chi connectivity index (χ0n) is 8.47. The molecule has 0 fully saturated rings. The van der Waals surface area contributed by atoms with Crippen LogP contribution in [0.1, 0.15) is 11.1 Å². The van der Waals surface area contributed by atoms with Crippen LogP contribution in [0, 0.1) is 0 Å². The molecule has 0 aliphatic heterocycles. The molecule has 0 saturated carbocycles. The fraction of sp³-hybridized carbons (Fsp3) is 0.400. The zero-order chi connectivity index (χ0) is 11.6. The van der Waals surface area contributed by atoms with Crippen LogP contribution in [0.5, 0.6) is 0 Å². The lowest BCUT2D eigenvalue weighted by molar-refractivity contribution is -0.137. The maximum atomic E-state index is 12.4. The highest BCUT2D eigenvalue weighted by molar-refractivity contribution is 5.50. The summed E-state index contributed by atoms with van der Waals surface area (Å²) in [7, 11) is 3.30. The summed E-state index contributed by atoms with van der Waals surface area (Å²) in [5, 5.41) is 8.85. The molecule has 0 aliphatic rings. The predicted molar refractivity (Wildman–Crippen MR) is 51.7 cm³/mol. The van der Waals surface area contributed by atoms with Crippen molar-refractivity contribution in [1.29, 1.82) is 0 Å². The van der Waals surface area contributed by atoms with Crippen LogP contribution in [0.2, 0.25) is 0 Å². The van der Waals surface area contributed by atoms with Gasteiger partial charge in [-0.05, 0) is 23.8 Å². The number of hydrogen-bond donors (Lipinski definition) is 1. The Kier molecular flexibility index (Phi) is 3.24. The summed E-state index contributed by atoms with van der Waals surface area (Å²) in [6.07, 6.45) is -4.38. The first-order chi connectivity index (χ1) is 6.84. The van der Waals surface area contributed by atoms with Gasteiger partial charge >= 0.3 is 6.18 Å². The number of hydrogen-bond acceptors (Lipinski definition) is 2. The van der Waals surface area contributed by atoms with Gasteiger partial charge in [0.25, 0.3) is 0 Å². The van der Waals surface area contributed by atoms with Crippen molar-refractivity contribution < 1.29 is 18.3 Å². The molecular formula is C10H12F3NO. The van der Waals surface area contributed by atoms with E-state index in [-0.39, 0.29) is 5.56 Å². The van der Waals surface area contributed by atoms with Crippen LogP contribution in [0.25, 0.3) is 0 Å². The van der Waals surface area contributed by atoms with Gasteiger partial charge < -0.3 is 10.0 Å². The second-order valence-corrected chi connectivity index (χ2v) is 3.44. The molecule has 0 heterocycles. The third kappa shape index (κ3) is 2.86. The van der Waals surface area contributed by atoms with Gasteiger partial charge in [0.05, 0.1) is 12.2 Å². The lowest BCUT2D eigenvalue weighted by atomic mass is 10.1. The molecule has 15 heavy (non-hydrogen) atoms. The quantitative estimate of drug-likeness (QED) is 0.824. The summed E-state index contributed by atoms with van der Waals surface area (Å²) in [6.45, 7) is -0.398. The van der Waals surface area contributed by atoms with Crippen LogP contribution >= 0.6 is 0 Å². The van der Waals surface area contributed by atoms with Crippen LogP contribution in [-0.2, 0) is 12.8 Å². The number of alkyl halides is 3. The second-order valence-electron chi connectivity index (χ2n) is 3.44. The van der Waals surface area contributed by atoms with Gasteiger partial charge in [-0.2, -0.15) is 13.2 Å². The first kappa shape index (κ1) is 11.8. The number of rotatable bonds is 2. The van der Waals surface area contributed by atoms with E-state index in [2.05, 4.69) is 0 Å². The van der Waals surface area contributed by atoms with E-state index in [1.54, 1.807) is 19.0 Å². The number of aliphatic hydroxyl groups excluding tert-OH is 1. The number of anilines is 1. The number of aliphatic hydroxyl groups is 1. The maximum absolute atomic E-state index is 12.4. The van der Waals surface area contributed by atoms with Crippen molar-refractivity contribution in [1.82, 2.24) is 0 Å². The van der Waals surface area contributed by atoms with Crippen LogP contribution in [0.3, 0.4) is 0 Å². The Morgan fingerprint density at radius 3 is 2.20 bits per heavy atom. The van der Waals surface area contributed by atoms with Crippen molar-refractivity contribution in [2.24, 2.45) is 0 Å². The van der Waals surface area contributed by atoms with Gasteiger partial charge in [0, 0.05) is 19.8 Å². The summed E-state index contributed by atoms with van der Waals surface area (Å²) in [4.78, 5) is 1.56. The van der Waals surface area contributed by atoms with E-state index in [4.69, 9.17) is 5.11 Å². The van der Waals surface area contributed by atoms with E-state index in [0.29, 0.717) is 5.69 Å². The van der Waals surface area contributed by atoms with Gasteiger partial charge in [-0.1, -0.05) is 0 Å². The number of nitrogens with zero attached hydrogens (tertiary/aromatic N) is 1. The van der Waals surface area contributed by atoms with E-state index in [1.807, 2.05) is 0 Å². The number of benzene rings is 1.